The maximum Gasteiger partial charge on any atom is 0.145 e. The van der Waals surface area contributed by atoms with E-state index in [1.807, 2.05) is 6.92 Å². The Balaban J connectivity index is 2.24. The molecule has 110 valence electrons. The van der Waals surface area contributed by atoms with Crippen molar-refractivity contribution in [1.82, 2.24) is 4.90 Å². The number of benzene rings is 1. The summed E-state index contributed by atoms with van der Waals surface area (Å²) in [6.07, 6.45) is 2.43. The molecule has 1 fully saturated rings. The van der Waals surface area contributed by atoms with Crippen molar-refractivity contribution in [3.8, 4) is 11.5 Å². The van der Waals surface area contributed by atoms with Crippen LogP contribution in [0.1, 0.15) is 25.3 Å². The van der Waals surface area contributed by atoms with E-state index in [1.54, 1.807) is 19.2 Å². The largest absolute Gasteiger partial charge is 0.507 e. The zero-order valence-electron chi connectivity index (χ0n) is 12.2. The van der Waals surface area contributed by atoms with Gasteiger partial charge >= 0.3 is 0 Å². The highest BCUT2D eigenvalue weighted by molar-refractivity contribution is 9.10. The Morgan fingerprint density at radius 3 is 2.90 bits per heavy atom. The third-order valence-electron chi connectivity index (χ3n) is 3.86. The van der Waals surface area contributed by atoms with Crippen LogP contribution in [0.3, 0.4) is 0 Å². The first-order valence-electron chi connectivity index (χ1n) is 6.81. The molecule has 1 unspecified atom stereocenters. The summed E-state index contributed by atoms with van der Waals surface area (Å²) in [6, 6.07) is 3.93. The monoisotopic (exact) mass is 340 g/mol. The molecular weight excluding hydrogens is 320 g/mol. The number of ether oxygens (including phenoxy) is 1. The van der Waals surface area contributed by atoms with E-state index < -0.39 is 0 Å². The number of hydrogen-bond donors (Lipinski definition) is 1. The molecule has 0 radical (unpaired) electrons. The van der Waals surface area contributed by atoms with Crippen LogP contribution in [0, 0.1) is 0 Å². The van der Waals surface area contributed by atoms with Gasteiger partial charge in [-0.3, -0.25) is 4.99 Å². The minimum atomic E-state index is 0.200. The minimum absolute atomic E-state index is 0.200. The van der Waals surface area contributed by atoms with Crippen LogP contribution in [0.2, 0.25) is 0 Å². The third-order valence-corrected chi connectivity index (χ3v) is 4.49. The molecule has 1 heterocycles. The normalized spacial score (nSPS) is 20.4. The molecule has 0 aromatic heterocycles. The van der Waals surface area contributed by atoms with E-state index in [9.17, 15) is 5.11 Å². The number of halogens is 1. The van der Waals surface area contributed by atoms with Crippen molar-refractivity contribution in [2.75, 3.05) is 27.2 Å². The molecule has 1 aliphatic heterocycles. The fourth-order valence-corrected chi connectivity index (χ4v) is 3.12. The van der Waals surface area contributed by atoms with Crippen LogP contribution in [0.5, 0.6) is 11.5 Å². The summed E-state index contributed by atoms with van der Waals surface area (Å²) in [6.45, 7) is 3.82. The van der Waals surface area contributed by atoms with Crippen LogP contribution in [-0.2, 0) is 0 Å². The average molecular weight is 341 g/mol. The van der Waals surface area contributed by atoms with Crippen LogP contribution >= 0.6 is 15.9 Å². The van der Waals surface area contributed by atoms with Gasteiger partial charge in [0.25, 0.3) is 0 Å². The summed E-state index contributed by atoms with van der Waals surface area (Å²) in [5, 5.41) is 10.1. The highest BCUT2D eigenvalue weighted by Gasteiger charge is 2.21. The lowest BCUT2D eigenvalue weighted by molar-refractivity contribution is 0.317. The highest BCUT2D eigenvalue weighted by atomic mass is 79.9. The summed E-state index contributed by atoms with van der Waals surface area (Å²) in [5.74, 6) is 0.831. The molecule has 0 saturated carbocycles. The van der Waals surface area contributed by atoms with Crippen molar-refractivity contribution in [2.24, 2.45) is 4.99 Å². The molecule has 0 spiro atoms. The van der Waals surface area contributed by atoms with Gasteiger partial charge in [0.2, 0.25) is 0 Å². The van der Waals surface area contributed by atoms with Gasteiger partial charge in [-0.1, -0.05) is 0 Å². The number of hydrogen-bond acceptors (Lipinski definition) is 4. The van der Waals surface area contributed by atoms with Gasteiger partial charge in [0.1, 0.15) is 11.5 Å². The van der Waals surface area contributed by atoms with Crippen LogP contribution in [0.4, 0.5) is 0 Å². The second-order valence-electron chi connectivity index (χ2n) is 5.18. The molecule has 1 atom stereocenters. The average Bonchev–Trinajstić information content (AvgIpc) is 2.83. The lowest BCUT2D eigenvalue weighted by Gasteiger charge is -2.18. The SMILES string of the molecule is COc1c(Br)ccc(O)c1/C(C)=N/CC1CCCN1C. The Kier molecular flexibility index (Phi) is 5.05. The van der Waals surface area contributed by atoms with E-state index in [2.05, 4.69) is 32.9 Å². The maximum absolute atomic E-state index is 10.1. The molecule has 1 aliphatic rings. The van der Waals surface area contributed by atoms with E-state index in [0.717, 1.165) is 23.3 Å². The number of aromatic hydroxyl groups is 1. The zero-order chi connectivity index (χ0) is 14.7. The molecule has 20 heavy (non-hydrogen) atoms. The first-order valence-corrected chi connectivity index (χ1v) is 7.61. The lowest BCUT2D eigenvalue weighted by atomic mass is 10.1. The number of likely N-dealkylation sites (tertiary alicyclic amines) is 1. The van der Waals surface area contributed by atoms with Gasteiger partial charge < -0.3 is 14.7 Å². The van der Waals surface area contributed by atoms with Gasteiger partial charge in [0, 0.05) is 11.8 Å². The zero-order valence-corrected chi connectivity index (χ0v) is 13.8. The van der Waals surface area contributed by atoms with Crippen molar-refractivity contribution >= 4 is 21.6 Å². The minimum Gasteiger partial charge on any atom is -0.507 e. The van der Waals surface area contributed by atoms with E-state index in [0.29, 0.717) is 17.4 Å². The highest BCUT2D eigenvalue weighted by Crippen LogP contribution is 2.35. The van der Waals surface area contributed by atoms with Gasteiger partial charge in [0.05, 0.1) is 23.7 Å². The van der Waals surface area contributed by atoms with Crippen LogP contribution in [-0.4, -0.2) is 49.0 Å². The number of aliphatic imine (C=N–C) groups is 1. The summed E-state index contributed by atoms with van der Waals surface area (Å²) in [4.78, 5) is 6.99. The number of phenols is 1. The first-order chi connectivity index (χ1) is 9.54. The molecule has 1 aromatic rings. The fourth-order valence-electron chi connectivity index (χ4n) is 2.63. The molecule has 1 saturated heterocycles. The fraction of sp³-hybridized carbons (Fsp3) is 0.533. The summed E-state index contributed by atoms with van der Waals surface area (Å²) in [7, 11) is 3.74. The van der Waals surface area contributed by atoms with Crippen LogP contribution < -0.4 is 4.74 Å². The van der Waals surface area contributed by atoms with Gasteiger partial charge in [-0.25, -0.2) is 0 Å². The Hall–Kier alpha value is -1.07. The standard InChI is InChI=1S/C15H21BrN2O2/c1-10(17-9-11-5-4-8-18(11)2)14-13(19)7-6-12(16)15(14)20-3/h6-7,11,19H,4-5,8-9H2,1-3H3/b17-10+. The third kappa shape index (κ3) is 3.15. The van der Waals surface area contributed by atoms with E-state index >= 15 is 0 Å². The second-order valence-corrected chi connectivity index (χ2v) is 6.03. The van der Waals surface area contributed by atoms with E-state index in [1.165, 1.54) is 12.8 Å². The summed E-state index contributed by atoms with van der Waals surface area (Å²) < 4.78 is 6.19. The lowest BCUT2D eigenvalue weighted by Crippen LogP contribution is -2.27. The Bertz CT molecular complexity index is 517. The van der Waals surface area contributed by atoms with Crippen molar-refractivity contribution in [3.05, 3.63) is 22.2 Å². The van der Waals surface area contributed by atoms with E-state index in [4.69, 9.17) is 4.74 Å². The molecule has 5 heteroatoms. The number of rotatable bonds is 4. The molecule has 1 N–H and O–H groups in total. The number of phenolic OH excluding ortho intramolecular Hbond substituents is 1. The molecule has 4 nitrogen and oxygen atoms in total. The van der Waals surface area contributed by atoms with Crippen molar-refractivity contribution in [2.45, 2.75) is 25.8 Å². The molecular formula is C15H21BrN2O2. The Morgan fingerprint density at radius 2 is 2.30 bits per heavy atom. The molecule has 0 amide bonds. The number of nitrogens with zero attached hydrogens (tertiary/aromatic N) is 2. The topological polar surface area (TPSA) is 45.1 Å². The molecule has 1 aromatic carbocycles. The van der Waals surface area contributed by atoms with E-state index in [-0.39, 0.29) is 5.75 Å². The number of methoxy groups -OCH3 is 1. The van der Waals surface area contributed by atoms with Gasteiger partial charge in [-0.2, -0.15) is 0 Å². The summed E-state index contributed by atoms with van der Waals surface area (Å²) in [5.41, 5.74) is 1.48. The molecule has 2 rings (SSSR count). The van der Waals surface area contributed by atoms with Crippen molar-refractivity contribution in [1.29, 1.82) is 0 Å². The molecule has 0 bridgehead atoms. The quantitative estimate of drug-likeness (QED) is 0.856. The predicted molar refractivity (Wildman–Crippen MR) is 85.1 cm³/mol. The predicted octanol–water partition coefficient (Wildman–Crippen LogP) is 3.07. The van der Waals surface area contributed by atoms with Gasteiger partial charge in [-0.05, 0) is 61.4 Å². The molecule has 0 aliphatic carbocycles. The van der Waals surface area contributed by atoms with Gasteiger partial charge in [-0.15, -0.1) is 0 Å². The van der Waals surface area contributed by atoms with Gasteiger partial charge in [0.15, 0.2) is 0 Å². The smallest absolute Gasteiger partial charge is 0.145 e. The van der Waals surface area contributed by atoms with Crippen LogP contribution in [0.25, 0.3) is 0 Å². The van der Waals surface area contributed by atoms with Crippen molar-refractivity contribution < 1.29 is 9.84 Å². The summed E-state index contributed by atoms with van der Waals surface area (Å²) >= 11 is 3.44. The Morgan fingerprint density at radius 1 is 1.55 bits per heavy atom. The maximum atomic E-state index is 10.1. The number of likely N-dealkylation sites (N-methyl/N-ethyl adjacent to an activating group) is 1. The van der Waals surface area contributed by atoms with Crippen LogP contribution in [0.15, 0.2) is 21.6 Å². The van der Waals surface area contributed by atoms with Crippen molar-refractivity contribution in [3.63, 3.8) is 0 Å². The first kappa shape index (κ1) is 15.3. The second kappa shape index (κ2) is 6.59. The Labute approximate surface area is 128 Å².